The van der Waals surface area contributed by atoms with Crippen LogP contribution in [0.3, 0.4) is 0 Å². The van der Waals surface area contributed by atoms with Gasteiger partial charge < -0.3 is 10.6 Å². The third-order valence-corrected chi connectivity index (χ3v) is 2.87. The summed E-state index contributed by atoms with van der Waals surface area (Å²) in [7, 11) is 0. The zero-order valence-electron chi connectivity index (χ0n) is 10.1. The van der Waals surface area contributed by atoms with Gasteiger partial charge in [-0.05, 0) is 37.9 Å². The number of nitrogens with zero attached hydrogens (tertiary/aromatic N) is 1. The van der Waals surface area contributed by atoms with Gasteiger partial charge in [0.1, 0.15) is 5.82 Å². The maximum Gasteiger partial charge on any atom is 0.146 e. The Bertz CT molecular complexity index is 315. The first kappa shape index (κ1) is 13.0. The molecule has 1 atom stereocenters. The van der Waals surface area contributed by atoms with Crippen LogP contribution in [0.15, 0.2) is 24.3 Å². The molecule has 3 heteroatoms. The molecular formula is C13H21FN2. The third-order valence-electron chi connectivity index (χ3n) is 2.87. The Morgan fingerprint density at radius 1 is 1.38 bits per heavy atom. The summed E-state index contributed by atoms with van der Waals surface area (Å²) in [5, 5.41) is 0. The quantitative estimate of drug-likeness (QED) is 0.805. The molecule has 1 unspecified atom stereocenters. The fourth-order valence-electron chi connectivity index (χ4n) is 1.65. The lowest BCUT2D eigenvalue weighted by Crippen LogP contribution is -2.27. The zero-order valence-corrected chi connectivity index (χ0v) is 10.1. The van der Waals surface area contributed by atoms with Crippen LogP contribution in [-0.2, 0) is 0 Å². The van der Waals surface area contributed by atoms with Crippen molar-refractivity contribution in [2.45, 2.75) is 20.3 Å². The molecule has 90 valence electrons. The van der Waals surface area contributed by atoms with E-state index in [1.165, 1.54) is 6.07 Å². The number of hydrogen-bond donors (Lipinski definition) is 1. The van der Waals surface area contributed by atoms with Crippen molar-refractivity contribution in [1.29, 1.82) is 0 Å². The van der Waals surface area contributed by atoms with Gasteiger partial charge in [-0.1, -0.05) is 19.1 Å². The standard InChI is InChI=1S/C13H21FN2/c1-3-16(9-8-11(2)10-15)13-7-5-4-6-12(13)14/h4-7,11H,3,8-10,15H2,1-2H3. The summed E-state index contributed by atoms with van der Waals surface area (Å²) in [5.74, 6) is 0.338. The van der Waals surface area contributed by atoms with Gasteiger partial charge in [0.05, 0.1) is 5.69 Å². The molecule has 2 N–H and O–H groups in total. The Labute approximate surface area is 97.3 Å². The van der Waals surface area contributed by atoms with Crippen LogP contribution in [0.4, 0.5) is 10.1 Å². The molecule has 16 heavy (non-hydrogen) atoms. The molecule has 1 aromatic rings. The van der Waals surface area contributed by atoms with Crippen LogP contribution in [0.1, 0.15) is 20.3 Å². The minimum absolute atomic E-state index is 0.148. The molecule has 2 nitrogen and oxygen atoms in total. The fourth-order valence-corrected chi connectivity index (χ4v) is 1.65. The number of para-hydroxylation sites is 1. The molecule has 0 amide bonds. The molecule has 0 saturated heterocycles. The van der Waals surface area contributed by atoms with E-state index in [0.29, 0.717) is 18.2 Å². The lowest BCUT2D eigenvalue weighted by molar-refractivity contribution is 0.533. The summed E-state index contributed by atoms with van der Waals surface area (Å²) in [4.78, 5) is 2.06. The van der Waals surface area contributed by atoms with E-state index in [0.717, 1.165) is 19.5 Å². The molecule has 0 spiro atoms. The molecule has 0 aliphatic carbocycles. The minimum Gasteiger partial charge on any atom is -0.369 e. The topological polar surface area (TPSA) is 29.3 Å². The van der Waals surface area contributed by atoms with Crippen molar-refractivity contribution in [3.8, 4) is 0 Å². The van der Waals surface area contributed by atoms with Crippen molar-refractivity contribution in [3.63, 3.8) is 0 Å². The van der Waals surface area contributed by atoms with E-state index in [9.17, 15) is 4.39 Å². The van der Waals surface area contributed by atoms with Crippen molar-refractivity contribution in [2.75, 3.05) is 24.5 Å². The highest BCUT2D eigenvalue weighted by atomic mass is 19.1. The molecule has 0 aliphatic rings. The summed E-state index contributed by atoms with van der Waals surface area (Å²) in [6.07, 6.45) is 0.999. The average Bonchev–Trinajstić information content (AvgIpc) is 2.31. The first-order valence-corrected chi connectivity index (χ1v) is 5.88. The summed E-state index contributed by atoms with van der Waals surface area (Å²) in [6, 6.07) is 6.92. The number of hydrogen-bond acceptors (Lipinski definition) is 2. The number of nitrogens with two attached hydrogens (primary N) is 1. The Kier molecular flexibility index (Phi) is 5.26. The van der Waals surface area contributed by atoms with Crippen LogP contribution in [0, 0.1) is 11.7 Å². The van der Waals surface area contributed by atoms with Crippen LogP contribution in [0.25, 0.3) is 0 Å². The van der Waals surface area contributed by atoms with Gasteiger partial charge in [-0.25, -0.2) is 4.39 Å². The van der Waals surface area contributed by atoms with Gasteiger partial charge in [0.2, 0.25) is 0 Å². The van der Waals surface area contributed by atoms with Crippen LogP contribution in [-0.4, -0.2) is 19.6 Å². The highest BCUT2D eigenvalue weighted by Gasteiger charge is 2.10. The van der Waals surface area contributed by atoms with E-state index in [-0.39, 0.29) is 5.82 Å². The SMILES string of the molecule is CCN(CCC(C)CN)c1ccccc1F. The molecule has 0 heterocycles. The predicted molar refractivity (Wildman–Crippen MR) is 67.1 cm³/mol. The van der Waals surface area contributed by atoms with Crippen molar-refractivity contribution < 1.29 is 4.39 Å². The van der Waals surface area contributed by atoms with Crippen molar-refractivity contribution in [3.05, 3.63) is 30.1 Å². The number of benzene rings is 1. The summed E-state index contributed by atoms with van der Waals surface area (Å²) >= 11 is 0. The van der Waals surface area contributed by atoms with E-state index in [4.69, 9.17) is 5.73 Å². The van der Waals surface area contributed by atoms with Crippen molar-refractivity contribution in [1.82, 2.24) is 0 Å². The first-order valence-electron chi connectivity index (χ1n) is 5.88. The average molecular weight is 224 g/mol. The molecule has 1 aromatic carbocycles. The normalized spacial score (nSPS) is 12.5. The second-order valence-electron chi connectivity index (χ2n) is 4.16. The van der Waals surface area contributed by atoms with Crippen molar-refractivity contribution >= 4 is 5.69 Å². The Morgan fingerprint density at radius 3 is 2.62 bits per heavy atom. The molecule has 0 bridgehead atoms. The van der Waals surface area contributed by atoms with Gasteiger partial charge in [0.15, 0.2) is 0 Å². The lowest BCUT2D eigenvalue weighted by atomic mass is 10.1. The van der Waals surface area contributed by atoms with E-state index in [1.54, 1.807) is 6.07 Å². The molecule has 0 saturated carbocycles. The Balaban J connectivity index is 2.64. The van der Waals surface area contributed by atoms with E-state index < -0.39 is 0 Å². The summed E-state index contributed by atoms with van der Waals surface area (Å²) in [6.45, 7) is 6.53. The van der Waals surface area contributed by atoms with Gasteiger partial charge >= 0.3 is 0 Å². The number of halogens is 1. The van der Waals surface area contributed by atoms with Gasteiger partial charge in [-0.3, -0.25) is 0 Å². The number of anilines is 1. The second-order valence-corrected chi connectivity index (χ2v) is 4.16. The highest BCUT2D eigenvalue weighted by Crippen LogP contribution is 2.19. The molecule has 1 rings (SSSR count). The Morgan fingerprint density at radius 2 is 2.06 bits per heavy atom. The fraction of sp³-hybridized carbons (Fsp3) is 0.538. The van der Waals surface area contributed by atoms with Crippen molar-refractivity contribution in [2.24, 2.45) is 11.7 Å². The molecule has 0 aliphatic heterocycles. The van der Waals surface area contributed by atoms with Gasteiger partial charge in [0.25, 0.3) is 0 Å². The smallest absolute Gasteiger partial charge is 0.146 e. The van der Waals surface area contributed by atoms with Crippen LogP contribution < -0.4 is 10.6 Å². The minimum atomic E-state index is -0.148. The third kappa shape index (κ3) is 3.49. The zero-order chi connectivity index (χ0) is 12.0. The van der Waals surface area contributed by atoms with Crippen LogP contribution in [0.5, 0.6) is 0 Å². The molecular weight excluding hydrogens is 203 g/mol. The monoisotopic (exact) mass is 224 g/mol. The first-order chi connectivity index (χ1) is 7.69. The van der Waals surface area contributed by atoms with Crippen LogP contribution in [0.2, 0.25) is 0 Å². The lowest BCUT2D eigenvalue weighted by Gasteiger charge is -2.24. The largest absolute Gasteiger partial charge is 0.369 e. The summed E-state index contributed by atoms with van der Waals surface area (Å²) < 4.78 is 13.6. The van der Waals surface area contributed by atoms with E-state index >= 15 is 0 Å². The molecule has 0 radical (unpaired) electrons. The maximum absolute atomic E-state index is 13.6. The molecule has 0 fully saturated rings. The van der Waals surface area contributed by atoms with Crippen LogP contribution >= 0.6 is 0 Å². The van der Waals surface area contributed by atoms with Gasteiger partial charge in [-0.2, -0.15) is 0 Å². The predicted octanol–water partition coefficient (Wildman–Crippen LogP) is 2.64. The molecule has 0 aromatic heterocycles. The Hall–Kier alpha value is -1.09. The van der Waals surface area contributed by atoms with E-state index in [2.05, 4.69) is 11.8 Å². The second kappa shape index (κ2) is 6.48. The number of rotatable bonds is 6. The van der Waals surface area contributed by atoms with Gasteiger partial charge in [-0.15, -0.1) is 0 Å². The summed E-state index contributed by atoms with van der Waals surface area (Å²) in [5.41, 5.74) is 6.26. The van der Waals surface area contributed by atoms with Gasteiger partial charge in [0, 0.05) is 13.1 Å². The van der Waals surface area contributed by atoms with E-state index in [1.807, 2.05) is 19.1 Å². The maximum atomic E-state index is 13.6. The highest BCUT2D eigenvalue weighted by molar-refractivity contribution is 5.47.